The molecule has 0 saturated carbocycles. The first-order chi connectivity index (χ1) is 6.50. The lowest BCUT2D eigenvalue weighted by molar-refractivity contribution is 1.34. The number of hydrogen-bond donors (Lipinski definition) is 3. The summed E-state index contributed by atoms with van der Waals surface area (Å²) in [6.07, 6.45) is 0. The molecular formula is C11H15N3. The van der Waals surface area contributed by atoms with E-state index in [2.05, 4.69) is 11.9 Å². The molecule has 0 unspecified atom stereocenters. The number of benzene rings is 1. The highest BCUT2D eigenvalue weighted by molar-refractivity contribution is 5.96. The fraction of sp³-hybridized carbons (Fsp3) is 0.182. The minimum atomic E-state index is 0.101. The lowest BCUT2D eigenvalue weighted by Gasteiger charge is -2.09. The summed E-state index contributed by atoms with van der Waals surface area (Å²) in [6.45, 7) is 7.59. The van der Waals surface area contributed by atoms with Crippen LogP contribution in [0.2, 0.25) is 0 Å². The molecule has 0 aliphatic rings. The first-order valence-corrected chi connectivity index (χ1v) is 4.38. The maximum atomic E-state index is 7.33. The molecule has 14 heavy (non-hydrogen) atoms. The van der Waals surface area contributed by atoms with Crippen molar-refractivity contribution in [1.29, 1.82) is 5.41 Å². The van der Waals surface area contributed by atoms with Crippen LogP contribution in [-0.4, -0.2) is 5.84 Å². The van der Waals surface area contributed by atoms with Crippen LogP contribution in [0, 0.1) is 12.3 Å². The number of amidine groups is 1. The highest BCUT2D eigenvalue weighted by Crippen LogP contribution is 2.15. The van der Waals surface area contributed by atoms with Gasteiger partial charge in [-0.15, -0.1) is 0 Å². The van der Waals surface area contributed by atoms with Crippen molar-refractivity contribution in [2.45, 2.75) is 13.8 Å². The summed E-state index contributed by atoms with van der Waals surface area (Å²) in [5.74, 6) is 0.101. The van der Waals surface area contributed by atoms with Gasteiger partial charge < -0.3 is 11.1 Å². The maximum Gasteiger partial charge on any atom is 0.123 e. The van der Waals surface area contributed by atoms with Crippen LogP contribution >= 0.6 is 0 Å². The molecule has 0 aliphatic carbocycles. The van der Waals surface area contributed by atoms with E-state index in [1.807, 2.05) is 32.0 Å². The summed E-state index contributed by atoms with van der Waals surface area (Å²) in [6, 6.07) is 5.67. The van der Waals surface area contributed by atoms with Crippen LogP contribution in [-0.2, 0) is 0 Å². The highest BCUT2D eigenvalue weighted by Gasteiger charge is 2.01. The zero-order chi connectivity index (χ0) is 10.7. The van der Waals surface area contributed by atoms with Crippen molar-refractivity contribution in [3.05, 3.63) is 41.6 Å². The Bertz CT molecular complexity index is 380. The lowest BCUT2D eigenvalue weighted by atomic mass is 10.1. The molecular weight excluding hydrogens is 174 g/mol. The average Bonchev–Trinajstić information content (AvgIpc) is 2.01. The average molecular weight is 189 g/mol. The van der Waals surface area contributed by atoms with Crippen molar-refractivity contribution < 1.29 is 0 Å². The first kappa shape index (κ1) is 10.3. The van der Waals surface area contributed by atoms with Gasteiger partial charge >= 0.3 is 0 Å². The largest absolute Gasteiger partial charge is 0.384 e. The Morgan fingerprint density at radius 1 is 1.50 bits per heavy atom. The second-order valence-electron chi connectivity index (χ2n) is 3.35. The van der Waals surface area contributed by atoms with Crippen molar-refractivity contribution in [3.8, 4) is 0 Å². The number of nitrogens with one attached hydrogen (secondary N) is 2. The summed E-state index contributed by atoms with van der Waals surface area (Å²) in [5, 5.41) is 10.4. The molecule has 0 atom stereocenters. The van der Waals surface area contributed by atoms with Gasteiger partial charge in [0, 0.05) is 16.9 Å². The second kappa shape index (κ2) is 3.96. The third-order valence-electron chi connectivity index (χ3n) is 1.87. The quantitative estimate of drug-likeness (QED) is 0.504. The third-order valence-corrected chi connectivity index (χ3v) is 1.87. The van der Waals surface area contributed by atoms with Crippen molar-refractivity contribution in [3.63, 3.8) is 0 Å². The van der Waals surface area contributed by atoms with Crippen LogP contribution in [0.4, 0.5) is 5.69 Å². The molecule has 0 radical (unpaired) electrons. The molecule has 0 saturated heterocycles. The van der Waals surface area contributed by atoms with E-state index in [4.69, 9.17) is 11.1 Å². The molecule has 0 heterocycles. The molecule has 0 spiro atoms. The number of nitrogens with two attached hydrogens (primary N) is 1. The van der Waals surface area contributed by atoms with E-state index < -0.39 is 0 Å². The predicted molar refractivity (Wildman–Crippen MR) is 60.6 cm³/mol. The Balaban J connectivity index is 3.00. The van der Waals surface area contributed by atoms with Gasteiger partial charge in [0.1, 0.15) is 5.84 Å². The lowest BCUT2D eigenvalue weighted by Crippen LogP contribution is -2.12. The van der Waals surface area contributed by atoms with Gasteiger partial charge in [-0.1, -0.05) is 6.58 Å². The molecule has 4 N–H and O–H groups in total. The summed E-state index contributed by atoms with van der Waals surface area (Å²) >= 11 is 0. The Kier molecular flexibility index (Phi) is 2.92. The monoisotopic (exact) mass is 189 g/mol. The zero-order valence-electron chi connectivity index (χ0n) is 8.52. The van der Waals surface area contributed by atoms with Crippen LogP contribution in [0.5, 0.6) is 0 Å². The topological polar surface area (TPSA) is 61.9 Å². The van der Waals surface area contributed by atoms with Gasteiger partial charge in [-0.05, 0) is 37.6 Å². The van der Waals surface area contributed by atoms with E-state index in [1.54, 1.807) is 0 Å². The minimum absolute atomic E-state index is 0.101. The Labute approximate surface area is 84.1 Å². The smallest absolute Gasteiger partial charge is 0.123 e. The Hall–Kier alpha value is -1.77. The molecule has 0 bridgehead atoms. The fourth-order valence-corrected chi connectivity index (χ4v) is 1.29. The van der Waals surface area contributed by atoms with Gasteiger partial charge in [-0.3, -0.25) is 5.41 Å². The molecule has 3 nitrogen and oxygen atoms in total. The summed E-state index contributed by atoms with van der Waals surface area (Å²) < 4.78 is 0. The van der Waals surface area contributed by atoms with Gasteiger partial charge in [0.25, 0.3) is 0 Å². The Morgan fingerprint density at radius 2 is 2.14 bits per heavy atom. The van der Waals surface area contributed by atoms with E-state index >= 15 is 0 Å². The van der Waals surface area contributed by atoms with Crippen molar-refractivity contribution in [1.82, 2.24) is 0 Å². The van der Waals surface area contributed by atoms with E-state index in [0.29, 0.717) is 0 Å². The summed E-state index contributed by atoms with van der Waals surface area (Å²) in [7, 11) is 0. The number of nitrogen functional groups attached to an aromatic ring is 1. The molecule has 74 valence electrons. The predicted octanol–water partition coefficient (Wildman–Crippen LogP) is 2.22. The Morgan fingerprint density at radius 3 is 2.57 bits per heavy atom. The molecule has 1 rings (SSSR count). The highest BCUT2D eigenvalue weighted by atomic mass is 14.9. The molecule has 1 aromatic rings. The van der Waals surface area contributed by atoms with Crippen LogP contribution < -0.4 is 11.1 Å². The molecule has 1 aromatic carbocycles. The van der Waals surface area contributed by atoms with Crippen molar-refractivity contribution >= 4 is 11.5 Å². The van der Waals surface area contributed by atoms with Crippen molar-refractivity contribution in [2.75, 3.05) is 5.32 Å². The SMILES string of the molecule is C=C(C)Nc1ccc(C(=N)N)c(C)c1. The minimum Gasteiger partial charge on any atom is -0.384 e. The van der Waals surface area contributed by atoms with Gasteiger partial charge in [0.05, 0.1) is 0 Å². The number of anilines is 1. The molecule has 0 amide bonds. The number of rotatable bonds is 3. The molecule has 3 heteroatoms. The number of allylic oxidation sites excluding steroid dienone is 1. The third kappa shape index (κ3) is 2.36. The van der Waals surface area contributed by atoms with E-state index in [1.165, 1.54) is 0 Å². The molecule has 0 aromatic heterocycles. The van der Waals surface area contributed by atoms with Gasteiger partial charge in [0.2, 0.25) is 0 Å². The zero-order valence-corrected chi connectivity index (χ0v) is 8.52. The maximum absolute atomic E-state index is 7.33. The second-order valence-corrected chi connectivity index (χ2v) is 3.35. The standard InChI is InChI=1S/C11H15N3/c1-7(2)14-9-4-5-10(11(12)13)8(3)6-9/h4-6,14H,1H2,2-3H3,(H3,12,13). The van der Waals surface area contributed by atoms with Crippen LogP contribution in [0.15, 0.2) is 30.5 Å². The van der Waals surface area contributed by atoms with Crippen LogP contribution in [0.1, 0.15) is 18.1 Å². The van der Waals surface area contributed by atoms with Gasteiger partial charge in [-0.25, -0.2) is 0 Å². The normalized spacial score (nSPS) is 9.57. The summed E-state index contributed by atoms with van der Waals surface area (Å²) in [4.78, 5) is 0. The van der Waals surface area contributed by atoms with E-state index in [9.17, 15) is 0 Å². The van der Waals surface area contributed by atoms with Crippen LogP contribution in [0.25, 0.3) is 0 Å². The molecule has 0 aliphatic heterocycles. The van der Waals surface area contributed by atoms with Crippen LogP contribution in [0.3, 0.4) is 0 Å². The van der Waals surface area contributed by atoms with Crippen molar-refractivity contribution in [2.24, 2.45) is 5.73 Å². The first-order valence-electron chi connectivity index (χ1n) is 4.38. The number of aryl methyl sites for hydroxylation is 1. The summed E-state index contributed by atoms with van der Waals surface area (Å²) in [5.41, 5.74) is 9.04. The number of hydrogen-bond acceptors (Lipinski definition) is 2. The fourth-order valence-electron chi connectivity index (χ4n) is 1.29. The van der Waals surface area contributed by atoms with E-state index in [0.717, 1.165) is 22.5 Å². The van der Waals surface area contributed by atoms with Gasteiger partial charge in [-0.2, -0.15) is 0 Å². The van der Waals surface area contributed by atoms with E-state index in [-0.39, 0.29) is 5.84 Å². The molecule has 0 fully saturated rings. The van der Waals surface area contributed by atoms with Gasteiger partial charge in [0.15, 0.2) is 0 Å².